The number of benzene rings is 2. The van der Waals surface area contributed by atoms with Crippen LogP contribution in [0, 0.1) is 17.5 Å². The van der Waals surface area contributed by atoms with Crippen molar-refractivity contribution in [3.63, 3.8) is 0 Å². The summed E-state index contributed by atoms with van der Waals surface area (Å²) >= 11 is 0. The average Bonchev–Trinajstić information content (AvgIpc) is 2.67. The smallest absolute Gasteiger partial charge is 0.159 e. The Hall–Kier alpha value is -2.09. The van der Waals surface area contributed by atoms with Gasteiger partial charge >= 0.3 is 0 Å². The summed E-state index contributed by atoms with van der Waals surface area (Å²) in [6, 6.07) is 7.58. The molecule has 0 aromatic heterocycles. The number of nitrogens with zero attached hydrogens (tertiary/aromatic N) is 1. The van der Waals surface area contributed by atoms with E-state index in [1.807, 2.05) is 4.90 Å². The normalized spacial score (nSPS) is 22.5. The molecule has 1 spiro atoms. The van der Waals surface area contributed by atoms with Gasteiger partial charge in [0.1, 0.15) is 17.2 Å². The number of aliphatic hydroxyl groups excluding tert-OH is 2. The Morgan fingerprint density at radius 3 is 2.54 bits per heavy atom. The van der Waals surface area contributed by atoms with Gasteiger partial charge in [0.15, 0.2) is 11.6 Å². The lowest BCUT2D eigenvalue weighted by Crippen LogP contribution is -2.51. The molecule has 2 aromatic rings. The van der Waals surface area contributed by atoms with Gasteiger partial charge in [-0.1, -0.05) is 6.07 Å². The second-order valence-corrected chi connectivity index (χ2v) is 7.68. The number of rotatable bonds is 3. The third-order valence-electron chi connectivity index (χ3n) is 5.75. The molecule has 2 N–H and O–H groups in total. The fourth-order valence-electron chi connectivity index (χ4n) is 4.13. The molecule has 2 aliphatic rings. The molecule has 1 saturated heterocycles. The van der Waals surface area contributed by atoms with Crippen molar-refractivity contribution in [2.45, 2.75) is 37.1 Å². The van der Waals surface area contributed by atoms with E-state index >= 15 is 0 Å². The van der Waals surface area contributed by atoms with Crippen molar-refractivity contribution in [1.82, 2.24) is 4.90 Å². The van der Waals surface area contributed by atoms with E-state index in [2.05, 4.69) is 0 Å². The van der Waals surface area contributed by atoms with Gasteiger partial charge in [-0.05, 0) is 48.7 Å². The van der Waals surface area contributed by atoms with Crippen LogP contribution in [-0.2, 0) is 0 Å². The van der Waals surface area contributed by atoms with E-state index in [4.69, 9.17) is 4.74 Å². The number of halogens is 3. The lowest BCUT2D eigenvalue weighted by atomic mass is 9.81. The molecule has 2 unspecified atom stereocenters. The molecular formula is C21H22F3NO3. The summed E-state index contributed by atoms with van der Waals surface area (Å²) < 4.78 is 46.0. The van der Waals surface area contributed by atoms with Crippen LogP contribution in [0.25, 0.3) is 0 Å². The Balaban J connectivity index is 1.39. The van der Waals surface area contributed by atoms with Gasteiger partial charge in [-0.25, -0.2) is 13.2 Å². The highest BCUT2D eigenvalue weighted by molar-refractivity contribution is 5.38. The highest BCUT2D eigenvalue weighted by Gasteiger charge is 2.43. The maximum absolute atomic E-state index is 13.4. The number of hydrogen-bond acceptors (Lipinski definition) is 4. The first kappa shape index (κ1) is 19.2. The Kier molecular flexibility index (Phi) is 5.07. The minimum Gasteiger partial charge on any atom is -0.487 e. The van der Waals surface area contributed by atoms with Crippen LogP contribution in [0.2, 0.25) is 0 Å². The summed E-state index contributed by atoms with van der Waals surface area (Å²) in [5.74, 6) is -1.81. The van der Waals surface area contributed by atoms with E-state index in [0.29, 0.717) is 55.8 Å². The highest BCUT2D eigenvalue weighted by atomic mass is 19.2. The molecule has 2 aliphatic heterocycles. The van der Waals surface area contributed by atoms with E-state index in [-0.39, 0.29) is 0 Å². The number of likely N-dealkylation sites (tertiary alicyclic amines) is 1. The van der Waals surface area contributed by atoms with E-state index in [9.17, 15) is 23.4 Å². The van der Waals surface area contributed by atoms with Gasteiger partial charge in [0, 0.05) is 31.6 Å². The maximum atomic E-state index is 13.4. The number of ether oxygens (including phenoxy) is 1. The molecule has 4 rings (SSSR count). The zero-order chi connectivity index (χ0) is 19.9. The van der Waals surface area contributed by atoms with E-state index in [0.717, 1.165) is 12.1 Å². The molecular weight excluding hydrogens is 371 g/mol. The third-order valence-corrected chi connectivity index (χ3v) is 5.75. The standard InChI is InChI=1S/C21H22F3NO3/c22-14-2-4-20-15(10-14)18(26)11-21(28-20)5-7-25(8-6-21)12-19(27)13-1-3-16(23)17(24)9-13/h1-4,9-10,18-19,26-27H,5-8,11-12H2. The summed E-state index contributed by atoms with van der Waals surface area (Å²) in [4.78, 5) is 2.03. The predicted octanol–water partition coefficient (Wildman–Crippen LogP) is 3.49. The van der Waals surface area contributed by atoms with Crippen molar-refractivity contribution in [2.24, 2.45) is 0 Å². The number of piperidine rings is 1. The van der Waals surface area contributed by atoms with Crippen LogP contribution in [-0.4, -0.2) is 40.3 Å². The van der Waals surface area contributed by atoms with Crippen LogP contribution in [0.1, 0.15) is 42.6 Å². The van der Waals surface area contributed by atoms with Gasteiger partial charge in [-0.3, -0.25) is 0 Å². The first-order chi connectivity index (χ1) is 13.3. The van der Waals surface area contributed by atoms with Gasteiger partial charge in [0.25, 0.3) is 0 Å². The zero-order valence-electron chi connectivity index (χ0n) is 15.2. The SMILES string of the molecule is OC(CN1CCC2(CC1)CC(O)c1cc(F)ccc1O2)c1ccc(F)c(F)c1. The molecule has 0 bridgehead atoms. The number of β-amino-alcohol motifs (C(OH)–C–C–N with tert-alkyl or cyclic N) is 1. The summed E-state index contributed by atoms with van der Waals surface area (Å²) in [5, 5.41) is 20.8. The van der Waals surface area contributed by atoms with Gasteiger partial charge < -0.3 is 19.8 Å². The monoisotopic (exact) mass is 393 g/mol. The van der Waals surface area contributed by atoms with Gasteiger partial charge in [-0.2, -0.15) is 0 Å². The van der Waals surface area contributed by atoms with E-state index < -0.39 is 35.3 Å². The molecule has 2 atom stereocenters. The molecule has 2 aromatic carbocycles. The summed E-state index contributed by atoms with van der Waals surface area (Å²) in [6.07, 6.45) is -0.0238. The first-order valence-corrected chi connectivity index (χ1v) is 9.37. The van der Waals surface area contributed by atoms with Crippen molar-refractivity contribution in [3.05, 3.63) is 65.0 Å². The molecule has 4 nitrogen and oxygen atoms in total. The fraction of sp³-hybridized carbons (Fsp3) is 0.429. The second kappa shape index (κ2) is 7.39. The molecule has 0 amide bonds. The Labute approximate surface area is 161 Å². The molecule has 150 valence electrons. The maximum Gasteiger partial charge on any atom is 0.159 e. The molecule has 0 radical (unpaired) electrons. The third kappa shape index (κ3) is 3.74. The molecule has 1 fully saturated rings. The number of aliphatic hydroxyl groups is 2. The van der Waals surface area contributed by atoms with Crippen molar-refractivity contribution in [3.8, 4) is 5.75 Å². The Morgan fingerprint density at radius 2 is 1.82 bits per heavy atom. The Bertz CT molecular complexity index is 868. The first-order valence-electron chi connectivity index (χ1n) is 9.37. The zero-order valence-corrected chi connectivity index (χ0v) is 15.2. The van der Waals surface area contributed by atoms with Gasteiger partial charge in [0.05, 0.1) is 12.2 Å². The summed E-state index contributed by atoms with van der Waals surface area (Å²) in [7, 11) is 0. The van der Waals surface area contributed by atoms with Crippen LogP contribution in [0.4, 0.5) is 13.2 Å². The molecule has 28 heavy (non-hydrogen) atoms. The minimum atomic E-state index is -0.978. The largest absolute Gasteiger partial charge is 0.487 e. The van der Waals surface area contributed by atoms with Crippen LogP contribution < -0.4 is 4.74 Å². The van der Waals surface area contributed by atoms with Crippen LogP contribution in [0.3, 0.4) is 0 Å². The van der Waals surface area contributed by atoms with E-state index in [1.165, 1.54) is 18.2 Å². The van der Waals surface area contributed by atoms with Crippen LogP contribution in [0.15, 0.2) is 36.4 Å². The fourth-order valence-corrected chi connectivity index (χ4v) is 4.13. The van der Waals surface area contributed by atoms with Crippen molar-refractivity contribution in [1.29, 1.82) is 0 Å². The van der Waals surface area contributed by atoms with Gasteiger partial charge in [0.2, 0.25) is 0 Å². The lowest BCUT2D eigenvalue weighted by Gasteiger charge is -2.46. The van der Waals surface area contributed by atoms with Crippen LogP contribution in [0.5, 0.6) is 5.75 Å². The number of fused-ring (bicyclic) bond motifs is 1. The molecule has 0 saturated carbocycles. The van der Waals surface area contributed by atoms with Gasteiger partial charge in [-0.15, -0.1) is 0 Å². The lowest BCUT2D eigenvalue weighted by molar-refractivity contribution is -0.0589. The summed E-state index contributed by atoms with van der Waals surface area (Å²) in [6.45, 7) is 1.56. The predicted molar refractivity (Wildman–Crippen MR) is 96.3 cm³/mol. The quantitative estimate of drug-likeness (QED) is 0.838. The molecule has 7 heteroatoms. The minimum absolute atomic E-state index is 0.297. The van der Waals surface area contributed by atoms with E-state index in [1.54, 1.807) is 6.07 Å². The second-order valence-electron chi connectivity index (χ2n) is 7.68. The van der Waals surface area contributed by atoms with Crippen molar-refractivity contribution >= 4 is 0 Å². The average molecular weight is 393 g/mol. The number of hydrogen-bond donors (Lipinski definition) is 2. The Morgan fingerprint density at radius 1 is 1.07 bits per heavy atom. The summed E-state index contributed by atoms with van der Waals surface area (Å²) in [5.41, 5.74) is 0.287. The highest BCUT2D eigenvalue weighted by Crippen LogP contribution is 2.44. The van der Waals surface area contributed by atoms with Crippen LogP contribution >= 0.6 is 0 Å². The van der Waals surface area contributed by atoms with Crippen molar-refractivity contribution in [2.75, 3.05) is 19.6 Å². The molecule has 0 aliphatic carbocycles. The van der Waals surface area contributed by atoms with Crippen molar-refractivity contribution < 1.29 is 28.1 Å². The molecule has 2 heterocycles. The topological polar surface area (TPSA) is 52.9 Å².